The van der Waals surface area contributed by atoms with Gasteiger partial charge in [0.05, 0.1) is 10.6 Å². The summed E-state index contributed by atoms with van der Waals surface area (Å²) in [5.41, 5.74) is 0. The largest absolute Gasteiger partial charge is 0.249 e. The van der Waals surface area contributed by atoms with E-state index in [-0.39, 0.29) is 21.4 Å². The van der Waals surface area contributed by atoms with Gasteiger partial charge in [-0.2, -0.15) is 0 Å². The van der Waals surface area contributed by atoms with Gasteiger partial charge in [0.2, 0.25) is 9.05 Å². The molecule has 0 atom stereocenters. The summed E-state index contributed by atoms with van der Waals surface area (Å²) in [5.74, 6) is -0.0790. The highest BCUT2D eigenvalue weighted by Gasteiger charge is 2.15. The number of sulfone groups is 1. The maximum absolute atomic E-state index is 11.4. The lowest BCUT2D eigenvalue weighted by atomic mass is 10.5. The van der Waals surface area contributed by atoms with Gasteiger partial charge in [-0.05, 0) is 12.1 Å². The number of pyridine rings is 1. The molecule has 17 heavy (non-hydrogen) atoms. The van der Waals surface area contributed by atoms with Crippen molar-refractivity contribution in [3.63, 3.8) is 0 Å². The molecule has 5 nitrogen and oxygen atoms in total. The van der Waals surface area contributed by atoms with Gasteiger partial charge < -0.3 is 0 Å². The Morgan fingerprint density at radius 3 is 2.53 bits per heavy atom. The molecule has 1 aromatic rings. The van der Waals surface area contributed by atoms with Crippen LogP contribution in [0.15, 0.2) is 28.3 Å². The first kappa shape index (κ1) is 14.7. The number of halogens is 1. The Morgan fingerprint density at radius 1 is 1.35 bits per heavy atom. The maximum atomic E-state index is 11.4. The van der Waals surface area contributed by atoms with E-state index in [1.54, 1.807) is 0 Å². The van der Waals surface area contributed by atoms with Gasteiger partial charge in [-0.3, -0.25) is 0 Å². The summed E-state index contributed by atoms with van der Waals surface area (Å²) < 4.78 is 44.3. The normalized spacial score (nSPS) is 12.6. The third kappa shape index (κ3) is 5.24. The van der Waals surface area contributed by atoms with Crippen molar-refractivity contribution >= 4 is 41.3 Å². The van der Waals surface area contributed by atoms with Crippen LogP contribution in [0.25, 0.3) is 0 Å². The molecule has 96 valence electrons. The van der Waals surface area contributed by atoms with Crippen LogP contribution >= 0.6 is 22.4 Å². The summed E-state index contributed by atoms with van der Waals surface area (Å²) in [4.78, 5) is 4.01. The third-order valence-corrected chi connectivity index (χ3v) is 5.38. The zero-order valence-corrected chi connectivity index (χ0v) is 12.0. The van der Waals surface area contributed by atoms with E-state index in [2.05, 4.69) is 4.98 Å². The van der Waals surface area contributed by atoms with Gasteiger partial charge in [0.15, 0.2) is 9.84 Å². The minimum absolute atomic E-state index is 0.0944. The predicted molar refractivity (Wildman–Crippen MR) is 67.7 cm³/mol. The lowest BCUT2D eigenvalue weighted by molar-refractivity contribution is 0.598. The van der Waals surface area contributed by atoms with Crippen LogP contribution < -0.4 is 0 Å². The Hall–Kier alpha value is -0.310. The Kier molecular flexibility index (Phi) is 4.82. The van der Waals surface area contributed by atoms with E-state index in [0.29, 0.717) is 0 Å². The number of hydrogen-bond acceptors (Lipinski definition) is 6. The molecule has 0 aromatic carbocycles. The first-order chi connectivity index (χ1) is 7.70. The predicted octanol–water partition coefficient (Wildman–Crippen LogP) is 1.15. The van der Waals surface area contributed by atoms with Crippen LogP contribution in [0, 0.1) is 0 Å². The van der Waals surface area contributed by atoms with E-state index < -0.39 is 18.9 Å². The summed E-state index contributed by atoms with van der Waals surface area (Å²) >= 11 is 1.05. The van der Waals surface area contributed by atoms with E-state index in [0.717, 1.165) is 18.0 Å². The minimum Gasteiger partial charge on any atom is -0.249 e. The smallest absolute Gasteiger partial charge is 0.233 e. The standard InChI is InChI=1S/C8H10ClNO4S3/c1-16(11,12)7-3-2-4-10-8(7)15-5-6-17(9,13)14/h2-4H,5-6H2,1H3. The van der Waals surface area contributed by atoms with Crippen LogP contribution in [-0.4, -0.2) is 39.6 Å². The van der Waals surface area contributed by atoms with Crippen molar-refractivity contribution in [2.24, 2.45) is 0 Å². The molecule has 0 amide bonds. The first-order valence-electron chi connectivity index (χ1n) is 4.40. The molecule has 0 aliphatic rings. The first-order valence-corrected chi connectivity index (χ1v) is 9.76. The lowest BCUT2D eigenvalue weighted by Gasteiger charge is -2.04. The van der Waals surface area contributed by atoms with Crippen LogP contribution in [0.3, 0.4) is 0 Å². The second kappa shape index (κ2) is 5.55. The Bertz CT molecular complexity index is 597. The van der Waals surface area contributed by atoms with Crippen molar-refractivity contribution in [1.82, 2.24) is 4.98 Å². The summed E-state index contributed by atoms with van der Waals surface area (Å²) in [5, 5.41) is 0.287. The summed E-state index contributed by atoms with van der Waals surface area (Å²) in [6.07, 6.45) is 2.53. The average molecular weight is 316 g/mol. The molecule has 0 spiro atoms. The van der Waals surface area contributed by atoms with Crippen LogP contribution in [0.5, 0.6) is 0 Å². The Labute approximate surface area is 109 Å². The number of nitrogens with zero attached hydrogens (tertiary/aromatic N) is 1. The molecule has 0 radical (unpaired) electrons. The van der Waals surface area contributed by atoms with E-state index >= 15 is 0 Å². The molecule has 0 aliphatic carbocycles. The molecule has 0 aliphatic heterocycles. The second-order valence-electron chi connectivity index (χ2n) is 3.17. The fourth-order valence-electron chi connectivity index (χ4n) is 1.00. The number of thioether (sulfide) groups is 1. The van der Waals surface area contributed by atoms with Gasteiger partial charge in [-0.1, -0.05) is 0 Å². The van der Waals surface area contributed by atoms with Crippen molar-refractivity contribution in [3.05, 3.63) is 18.3 Å². The van der Waals surface area contributed by atoms with Gasteiger partial charge in [0.1, 0.15) is 5.03 Å². The molecular weight excluding hydrogens is 306 g/mol. The van der Waals surface area contributed by atoms with Crippen LogP contribution in [0.1, 0.15) is 0 Å². The van der Waals surface area contributed by atoms with Gasteiger partial charge in [0.25, 0.3) is 0 Å². The SMILES string of the molecule is CS(=O)(=O)c1cccnc1SCCS(=O)(=O)Cl. The minimum atomic E-state index is -3.57. The number of aromatic nitrogens is 1. The highest BCUT2D eigenvalue weighted by molar-refractivity contribution is 8.14. The Morgan fingerprint density at radius 2 is 2.00 bits per heavy atom. The number of rotatable bonds is 5. The van der Waals surface area contributed by atoms with Crippen LogP contribution in [0.2, 0.25) is 0 Å². The third-order valence-electron chi connectivity index (χ3n) is 1.70. The van der Waals surface area contributed by atoms with Gasteiger partial charge in [-0.15, -0.1) is 11.8 Å². The van der Waals surface area contributed by atoms with Crippen LogP contribution in [-0.2, 0) is 18.9 Å². The fourth-order valence-corrected chi connectivity index (χ4v) is 4.57. The molecule has 1 heterocycles. The van der Waals surface area contributed by atoms with Gasteiger partial charge in [0, 0.05) is 28.9 Å². The van der Waals surface area contributed by atoms with Crippen molar-refractivity contribution in [2.75, 3.05) is 17.8 Å². The topological polar surface area (TPSA) is 81.2 Å². The second-order valence-corrected chi connectivity index (χ2v) is 9.13. The van der Waals surface area contributed by atoms with Gasteiger partial charge in [-0.25, -0.2) is 21.8 Å². The van der Waals surface area contributed by atoms with E-state index in [4.69, 9.17) is 10.7 Å². The van der Waals surface area contributed by atoms with Crippen molar-refractivity contribution in [3.8, 4) is 0 Å². The quantitative estimate of drug-likeness (QED) is 0.599. The zero-order valence-electron chi connectivity index (χ0n) is 8.83. The number of hydrogen-bond donors (Lipinski definition) is 0. The molecule has 1 rings (SSSR count). The molecule has 9 heteroatoms. The molecule has 0 bridgehead atoms. The van der Waals surface area contributed by atoms with Crippen LogP contribution in [0.4, 0.5) is 0 Å². The zero-order chi connectivity index (χ0) is 13.1. The molecule has 0 saturated heterocycles. The monoisotopic (exact) mass is 315 g/mol. The van der Waals surface area contributed by atoms with Crippen molar-refractivity contribution in [2.45, 2.75) is 9.92 Å². The lowest BCUT2D eigenvalue weighted by Crippen LogP contribution is -2.03. The summed E-state index contributed by atoms with van der Waals surface area (Å²) in [6.45, 7) is 0. The molecular formula is C8H10ClNO4S3. The van der Waals surface area contributed by atoms with Crippen molar-refractivity contribution in [1.29, 1.82) is 0 Å². The highest BCUT2D eigenvalue weighted by Crippen LogP contribution is 2.24. The van der Waals surface area contributed by atoms with E-state index in [9.17, 15) is 16.8 Å². The molecule has 0 N–H and O–H groups in total. The van der Waals surface area contributed by atoms with E-state index in [1.807, 2.05) is 0 Å². The molecule has 0 fully saturated rings. The van der Waals surface area contributed by atoms with Crippen molar-refractivity contribution < 1.29 is 16.8 Å². The van der Waals surface area contributed by atoms with Gasteiger partial charge >= 0.3 is 0 Å². The summed E-state index contributed by atoms with van der Waals surface area (Å²) in [6, 6.07) is 2.94. The average Bonchev–Trinajstić information content (AvgIpc) is 2.15. The molecule has 0 unspecified atom stereocenters. The Balaban J connectivity index is 2.86. The summed E-state index contributed by atoms with van der Waals surface area (Å²) in [7, 11) is -1.88. The highest BCUT2D eigenvalue weighted by atomic mass is 35.7. The van der Waals surface area contributed by atoms with E-state index in [1.165, 1.54) is 18.3 Å². The molecule has 1 aromatic heterocycles. The maximum Gasteiger partial charge on any atom is 0.233 e. The molecule has 0 saturated carbocycles. The fraction of sp³-hybridized carbons (Fsp3) is 0.375.